The van der Waals surface area contributed by atoms with Crippen LogP contribution in [-0.2, 0) is 16.1 Å². The van der Waals surface area contributed by atoms with E-state index < -0.39 is 5.97 Å². The number of carbonyl (C=O) groups excluding carboxylic acids is 2. The fourth-order valence-corrected chi connectivity index (χ4v) is 2.37. The molecule has 20 heavy (non-hydrogen) atoms. The highest BCUT2D eigenvalue weighted by molar-refractivity contribution is 5.68. The third-order valence-corrected chi connectivity index (χ3v) is 3.53. The Morgan fingerprint density at radius 1 is 1.20 bits per heavy atom. The number of amides is 1. The lowest BCUT2D eigenvalue weighted by atomic mass is 9.94. The first-order chi connectivity index (χ1) is 9.65. The van der Waals surface area contributed by atoms with Crippen molar-refractivity contribution in [1.29, 1.82) is 0 Å². The largest absolute Gasteiger partial charge is 0.550 e. The van der Waals surface area contributed by atoms with E-state index in [2.05, 4.69) is 0 Å². The number of carboxylic acids is 1. The molecule has 108 valence electrons. The van der Waals surface area contributed by atoms with Gasteiger partial charge in [0.1, 0.15) is 6.61 Å². The molecule has 0 bridgehead atoms. The SMILES string of the molecule is O=C([O-])CC1CCN(C(=O)OCc2ccccc2)CC1. The van der Waals surface area contributed by atoms with Crippen molar-refractivity contribution in [2.45, 2.75) is 25.9 Å². The second-order valence-electron chi connectivity index (χ2n) is 5.05. The molecule has 1 amide bonds. The molecule has 0 spiro atoms. The maximum atomic E-state index is 11.9. The topological polar surface area (TPSA) is 69.7 Å². The van der Waals surface area contributed by atoms with Crippen molar-refractivity contribution in [2.75, 3.05) is 13.1 Å². The van der Waals surface area contributed by atoms with E-state index in [0.29, 0.717) is 25.9 Å². The van der Waals surface area contributed by atoms with Crippen molar-refractivity contribution in [3.63, 3.8) is 0 Å². The third kappa shape index (κ3) is 4.26. The third-order valence-electron chi connectivity index (χ3n) is 3.53. The van der Waals surface area contributed by atoms with Crippen molar-refractivity contribution >= 4 is 12.1 Å². The minimum atomic E-state index is -1.02. The molecule has 0 saturated carbocycles. The fourth-order valence-electron chi connectivity index (χ4n) is 2.37. The number of hydrogen-bond donors (Lipinski definition) is 0. The van der Waals surface area contributed by atoms with Gasteiger partial charge in [0.05, 0.1) is 0 Å². The lowest BCUT2D eigenvalue weighted by molar-refractivity contribution is -0.307. The van der Waals surface area contributed by atoms with Gasteiger partial charge in [0.15, 0.2) is 0 Å². The van der Waals surface area contributed by atoms with Crippen molar-refractivity contribution < 1.29 is 19.4 Å². The Bertz CT molecular complexity index is 452. The molecule has 5 heteroatoms. The Balaban J connectivity index is 1.73. The number of carboxylic acid groups (broad SMARTS) is 1. The zero-order chi connectivity index (χ0) is 14.4. The van der Waals surface area contributed by atoms with Crippen LogP contribution < -0.4 is 5.11 Å². The second kappa shape index (κ2) is 6.93. The molecule has 0 unspecified atom stereocenters. The van der Waals surface area contributed by atoms with Gasteiger partial charge in [-0.3, -0.25) is 0 Å². The van der Waals surface area contributed by atoms with Gasteiger partial charge in [-0.25, -0.2) is 4.79 Å². The fraction of sp³-hybridized carbons (Fsp3) is 0.467. The molecular formula is C15H18NO4-. The first-order valence-corrected chi connectivity index (χ1v) is 6.80. The van der Waals surface area contributed by atoms with E-state index in [1.54, 1.807) is 4.90 Å². The van der Waals surface area contributed by atoms with E-state index in [-0.39, 0.29) is 25.0 Å². The van der Waals surface area contributed by atoms with E-state index in [9.17, 15) is 14.7 Å². The first kappa shape index (κ1) is 14.4. The number of ether oxygens (including phenoxy) is 1. The van der Waals surface area contributed by atoms with Crippen LogP contribution in [0.5, 0.6) is 0 Å². The number of hydrogen-bond acceptors (Lipinski definition) is 4. The molecule has 1 aromatic carbocycles. The molecule has 0 aromatic heterocycles. The maximum absolute atomic E-state index is 11.9. The molecule has 2 rings (SSSR count). The molecule has 0 atom stereocenters. The number of rotatable bonds is 4. The van der Waals surface area contributed by atoms with Crippen molar-refractivity contribution in [2.24, 2.45) is 5.92 Å². The number of aliphatic carboxylic acids is 1. The van der Waals surface area contributed by atoms with Gasteiger partial charge < -0.3 is 19.5 Å². The van der Waals surface area contributed by atoms with Gasteiger partial charge in [-0.1, -0.05) is 30.3 Å². The molecule has 1 heterocycles. The Labute approximate surface area is 118 Å². The molecule has 1 fully saturated rings. The van der Waals surface area contributed by atoms with Gasteiger partial charge in [-0.05, 0) is 30.7 Å². The average Bonchev–Trinajstić information content (AvgIpc) is 2.46. The number of carbonyl (C=O) groups is 2. The van der Waals surface area contributed by atoms with Gasteiger partial charge in [-0.15, -0.1) is 0 Å². The summed E-state index contributed by atoms with van der Waals surface area (Å²) in [5.74, 6) is -0.909. The van der Waals surface area contributed by atoms with Crippen LogP contribution in [0.4, 0.5) is 4.79 Å². The smallest absolute Gasteiger partial charge is 0.410 e. The molecule has 5 nitrogen and oxygen atoms in total. The van der Waals surface area contributed by atoms with Gasteiger partial charge in [0.25, 0.3) is 0 Å². The monoisotopic (exact) mass is 276 g/mol. The van der Waals surface area contributed by atoms with Crippen LogP contribution >= 0.6 is 0 Å². The minimum absolute atomic E-state index is 0.0763. The molecular weight excluding hydrogens is 258 g/mol. The summed E-state index contributed by atoms with van der Waals surface area (Å²) in [6.07, 6.45) is 1.12. The summed E-state index contributed by atoms with van der Waals surface area (Å²) in [7, 11) is 0. The molecule has 1 aliphatic rings. The molecule has 1 saturated heterocycles. The van der Waals surface area contributed by atoms with Crippen molar-refractivity contribution in [3.8, 4) is 0 Å². The summed E-state index contributed by atoms with van der Waals surface area (Å²) in [6, 6.07) is 9.51. The highest BCUT2D eigenvalue weighted by Gasteiger charge is 2.23. The molecule has 1 aromatic rings. The van der Waals surface area contributed by atoms with E-state index >= 15 is 0 Å². The second-order valence-corrected chi connectivity index (χ2v) is 5.05. The summed E-state index contributed by atoms with van der Waals surface area (Å²) in [6.45, 7) is 1.36. The first-order valence-electron chi connectivity index (χ1n) is 6.80. The highest BCUT2D eigenvalue weighted by Crippen LogP contribution is 2.20. The number of likely N-dealkylation sites (tertiary alicyclic amines) is 1. The summed E-state index contributed by atoms with van der Waals surface area (Å²) < 4.78 is 5.24. The summed E-state index contributed by atoms with van der Waals surface area (Å²) >= 11 is 0. The van der Waals surface area contributed by atoms with Crippen LogP contribution in [-0.4, -0.2) is 30.1 Å². The zero-order valence-corrected chi connectivity index (χ0v) is 11.3. The summed E-state index contributed by atoms with van der Waals surface area (Å²) in [4.78, 5) is 24.0. The van der Waals surface area contributed by atoms with Crippen LogP contribution in [0.3, 0.4) is 0 Å². The van der Waals surface area contributed by atoms with Gasteiger partial charge in [0, 0.05) is 19.1 Å². The van der Waals surface area contributed by atoms with Crippen molar-refractivity contribution in [3.05, 3.63) is 35.9 Å². The van der Waals surface area contributed by atoms with E-state index in [1.165, 1.54) is 0 Å². The predicted octanol–water partition coefficient (Wildman–Crippen LogP) is 1.18. The maximum Gasteiger partial charge on any atom is 0.410 e. The van der Waals surface area contributed by atoms with E-state index in [0.717, 1.165) is 5.56 Å². The average molecular weight is 276 g/mol. The summed E-state index contributed by atoms with van der Waals surface area (Å²) in [5.41, 5.74) is 0.952. The molecule has 0 radical (unpaired) electrons. The van der Waals surface area contributed by atoms with Gasteiger partial charge in [-0.2, -0.15) is 0 Å². The van der Waals surface area contributed by atoms with E-state index in [1.807, 2.05) is 30.3 Å². The van der Waals surface area contributed by atoms with Crippen LogP contribution in [0.15, 0.2) is 30.3 Å². The predicted molar refractivity (Wildman–Crippen MR) is 70.5 cm³/mol. The lowest BCUT2D eigenvalue weighted by Crippen LogP contribution is -2.40. The Morgan fingerprint density at radius 3 is 2.45 bits per heavy atom. The van der Waals surface area contributed by atoms with E-state index in [4.69, 9.17) is 4.74 Å². The van der Waals surface area contributed by atoms with Crippen LogP contribution in [0.25, 0.3) is 0 Å². The van der Waals surface area contributed by atoms with Gasteiger partial charge >= 0.3 is 6.09 Å². The Hall–Kier alpha value is -2.04. The number of piperidine rings is 1. The van der Waals surface area contributed by atoms with Crippen LogP contribution in [0, 0.1) is 5.92 Å². The van der Waals surface area contributed by atoms with Crippen LogP contribution in [0.2, 0.25) is 0 Å². The molecule has 0 N–H and O–H groups in total. The van der Waals surface area contributed by atoms with Crippen molar-refractivity contribution in [1.82, 2.24) is 4.90 Å². The lowest BCUT2D eigenvalue weighted by Gasteiger charge is -2.31. The Morgan fingerprint density at radius 2 is 1.85 bits per heavy atom. The normalized spacial score (nSPS) is 15.9. The summed E-state index contributed by atoms with van der Waals surface area (Å²) in [5, 5.41) is 10.5. The standard InChI is InChI=1S/C15H19NO4/c17-14(18)10-12-6-8-16(9-7-12)15(19)20-11-13-4-2-1-3-5-13/h1-5,12H,6-11H2,(H,17,18)/p-1. The minimum Gasteiger partial charge on any atom is -0.550 e. The number of benzene rings is 1. The molecule has 0 aliphatic carbocycles. The highest BCUT2D eigenvalue weighted by atomic mass is 16.6. The zero-order valence-electron chi connectivity index (χ0n) is 11.3. The quantitative estimate of drug-likeness (QED) is 0.828. The number of nitrogens with zero attached hydrogens (tertiary/aromatic N) is 1. The Kier molecular flexibility index (Phi) is 4.98. The van der Waals surface area contributed by atoms with Crippen LogP contribution in [0.1, 0.15) is 24.8 Å². The van der Waals surface area contributed by atoms with Gasteiger partial charge in [0.2, 0.25) is 0 Å². The molecule has 1 aliphatic heterocycles.